The van der Waals surface area contributed by atoms with Crippen molar-refractivity contribution in [2.24, 2.45) is 12.0 Å². The van der Waals surface area contributed by atoms with Crippen LogP contribution in [0, 0.1) is 0 Å². The Labute approximate surface area is 163 Å². The van der Waals surface area contributed by atoms with Crippen LogP contribution in [0.2, 0.25) is 0 Å². The Balaban J connectivity index is 1.65. The molecule has 1 aliphatic rings. The fourth-order valence-corrected chi connectivity index (χ4v) is 3.73. The van der Waals surface area contributed by atoms with Gasteiger partial charge in [0.2, 0.25) is 0 Å². The number of aliphatic imine (C=N–C) groups is 1. The summed E-state index contributed by atoms with van der Waals surface area (Å²) in [4.78, 5) is 30.2. The molecule has 0 atom stereocenters. The number of anilines is 1. The molecule has 0 saturated carbocycles. The van der Waals surface area contributed by atoms with Gasteiger partial charge in [-0.2, -0.15) is 0 Å². The number of nitrogens with zero attached hydrogens (tertiary/aromatic N) is 6. The van der Waals surface area contributed by atoms with E-state index in [0.29, 0.717) is 12.4 Å². The van der Waals surface area contributed by atoms with Crippen LogP contribution in [0.1, 0.15) is 24.5 Å². The third kappa shape index (κ3) is 4.65. The van der Waals surface area contributed by atoms with Gasteiger partial charge in [0, 0.05) is 57.5 Å². The highest BCUT2D eigenvalue weighted by Gasteiger charge is 2.22. The van der Waals surface area contributed by atoms with Crippen molar-refractivity contribution in [1.29, 1.82) is 0 Å². The minimum Gasteiger partial charge on any atom is -0.357 e. The van der Waals surface area contributed by atoms with E-state index in [1.165, 1.54) is 0 Å². The molecule has 27 heavy (non-hydrogen) atoms. The Hall–Kier alpha value is -2.42. The van der Waals surface area contributed by atoms with E-state index in [2.05, 4.69) is 44.3 Å². The summed E-state index contributed by atoms with van der Waals surface area (Å²) in [5, 5.41) is 6.60. The summed E-state index contributed by atoms with van der Waals surface area (Å²) in [6.07, 6.45) is 4.32. The molecular formula is C18H27N7OS. The Kier molecular flexibility index (Phi) is 6.44. The number of hydrogen-bond acceptors (Lipinski definition) is 6. The van der Waals surface area contributed by atoms with Crippen molar-refractivity contribution in [1.82, 2.24) is 24.8 Å². The van der Waals surface area contributed by atoms with Crippen LogP contribution in [-0.2, 0) is 20.0 Å². The number of nitrogens with one attached hydrogen (secondary N) is 1. The molecule has 0 aliphatic carbocycles. The second kappa shape index (κ2) is 8.98. The summed E-state index contributed by atoms with van der Waals surface area (Å²) in [5.74, 6) is 1.42. The van der Waals surface area contributed by atoms with E-state index in [-0.39, 0.29) is 5.56 Å². The SMILES string of the molecule is CCNC(=NCc1csc(CC)n1)N1CCN(c2nccn(C)c2=O)CC1. The van der Waals surface area contributed by atoms with Gasteiger partial charge in [-0.3, -0.25) is 4.79 Å². The van der Waals surface area contributed by atoms with E-state index in [4.69, 9.17) is 4.99 Å². The van der Waals surface area contributed by atoms with Crippen LogP contribution >= 0.6 is 11.3 Å². The Bertz CT molecular complexity index is 836. The molecule has 2 aromatic heterocycles. The number of thiazole rings is 1. The molecule has 0 aromatic carbocycles. The number of aromatic nitrogens is 3. The second-order valence-electron chi connectivity index (χ2n) is 6.40. The van der Waals surface area contributed by atoms with Crippen molar-refractivity contribution in [3.8, 4) is 0 Å². The number of aryl methyl sites for hydroxylation is 2. The van der Waals surface area contributed by atoms with Crippen molar-refractivity contribution >= 4 is 23.1 Å². The molecule has 8 nitrogen and oxygen atoms in total. The van der Waals surface area contributed by atoms with Gasteiger partial charge >= 0.3 is 0 Å². The molecule has 1 saturated heterocycles. The minimum atomic E-state index is -0.0539. The molecule has 9 heteroatoms. The third-order valence-electron chi connectivity index (χ3n) is 4.50. The summed E-state index contributed by atoms with van der Waals surface area (Å²) < 4.78 is 1.57. The molecule has 3 heterocycles. The average molecular weight is 390 g/mol. The maximum atomic E-state index is 12.3. The molecular weight excluding hydrogens is 362 g/mol. The summed E-state index contributed by atoms with van der Waals surface area (Å²) in [6.45, 7) is 8.66. The lowest BCUT2D eigenvalue weighted by atomic mass is 10.3. The quantitative estimate of drug-likeness (QED) is 0.609. The van der Waals surface area contributed by atoms with E-state index >= 15 is 0 Å². The lowest BCUT2D eigenvalue weighted by Gasteiger charge is -2.36. The highest BCUT2D eigenvalue weighted by Crippen LogP contribution is 2.12. The fraction of sp³-hybridized carbons (Fsp3) is 0.556. The van der Waals surface area contributed by atoms with Crippen LogP contribution in [0.15, 0.2) is 27.6 Å². The molecule has 1 aliphatic heterocycles. The topological polar surface area (TPSA) is 78.7 Å². The summed E-state index contributed by atoms with van der Waals surface area (Å²) >= 11 is 1.69. The van der Waals surface area contributed by atoms with Crippen LogP contribution in [0.5, 0.6) is 0 Å². The molecule has 3 rings (SSSR count). The van der Waals surface area contributed by atoms with Gasteiger partial charge in [-0.1, -0.05) is 6.92 Å². The standard InChI is InChI=1S/C18H27N7OS/c1-4-15-22-14(13-27-15)12-21-18(19-5-2)25-10-8-24(9-11-25)16-17(26)23(3)7-6-20-16/h6-7,13H,4-5,8-12H2,1-3H3,(H,19,21). The van der Waals surface area contributed by atoms with Crippen LogP contribution in [0.4, 0.5) is 5.82 Å². The first kappa shape index (κ1) is 19.3. The van der Waals surface area contributed by atoms with Crippen LogP contribution < -0.4 is 15.8 Å². The first-order chi connectivity index (χ1) is 13.1. The van der Waals surface area contributed by atoms with E-state index in [1.54, 1.807) is 35.3 Å². The fourth-order valence-electron chi connectivity index (χ4n) is 3.00. The lowest BCUT2D eigenvalue weighted by molar-refractivity contribution is 0.370. The van der Waals surface area contributed by atoms with Gasteiger partial charge in [0.1, 0.15) is 0 Å². The number of guanidine groups is 1. The zero-order valence-corrected chi connectivity index (χ0v) is 17.0. The molecule has 0 unspecified atom stereocenters. The smallest absolute Gasteiger partial charge is 0.293 e. The van der Waals surface area contributed by atoms with E-state index in [0.717, 1.165) is 55.8 Å². The zero-order valence-electron chi connectivity index (χ0n) is 16.2. The van der Waals surface area contributed by atoms with Gasteiger partial charge in [0.25, 0.3) is 5.56 Å². The van der Waals surface area contributed by atoms with Gasteiger partial charge in [-0.25, -0.2) is 15.0 Å². The van der Waals surface area contributed by atoms with Gasteiger partial charge in [0.05, 0.1) is 17.2 Å². The maximum absolute atomic E-state index is 12.3. The largest absolute Gasteiger partial charge is 0.357 e. The maximum Gasteiger partial charge on any atom is 0.293 e. The van der Waals surface area contributed by atoms with Crippen molar-refractivity contribution < 1.29 is 0 Å². The highest BCUT2D eigenvalue weighted by atomic mass is 32.1. The Morgan fingerprint density at radius 1 is 1.30 bits per heavy atom. The predicted molar refractivity (Wildman–Crippen MR) is 110 cm³/mol. The Morgan fingerprint density at radius 2 is 2.07 bits per heavy atom. The van der Waals surface area contributed by atoms with Gasteiger partial charge in [0.15, 0.2) is 11.8 Å². The molecule has 1 fully saturated rings. The number of rotatable bonds is 5. The molecule has 0 bridgehead atoms. The average Bonchev–Trinajstić information content (AvgIpc) is 3.16. The van der Waals surface area contributed by atoms with Crippen molar-refractivity contribution in [2.75, 3.05) is 37.6 Å². The van der Waals surface area contributed by atoms with Crippen molar-refractivity contribution in [2.45, 2.75) is 26.8 Å². The second-order valence-corrected chi connectivity index (χ2v) is 7.34. The Morgan fingerprint density at radius 3 is 2.74 bits per heavy atom. The van der Waals surface area contributed by atoms with Crippen LogP contribution in [0.25, 0.3) is 0 Å². The molecule has 146 valence electrons. The van der Waals surface area contributed by atoms with Gasteiger partial charge in [-0.05, 0) is 13.3 Å². The summed E-state index contributed by atoms with van der Waals surface area (Å²) in [7, 11) is 1.75. The van der Waals surface area contributed by atoms with E-state index in [1.807, 2.05) is 0 Å². The third-order valence-corrected chi connectivity index (χ3v) is 5.55. The van der Waals surface area contributed by atoms with Crippen LogP contribution in [0.3, 0.4) is 0 Å². The number of hydrogen-bond donors (Lipinski definition) is 1. The highest BCUT2D eigenvalue weighted by molar-refractivity contribution is 7.09. The van der Waals surface area contributed by atoms with Crippen molar-refractivity contribution in [3.05, 3.63) is 38.8 Å². The molecule has 1 N–H and O–H groups in total. The zero-order chi connectivity index (χ0) is 19.2. The summed E-state index contributed by atoms with van der Waals surface area (Å²) in [5.41, 5.74) is 0.963. The lowest BCUT2D eigenvalue weighted by Crippen LogP contribution is -2.53. The number of piperazine rings is 1. The molecule has 0 radical (unpaired) electrons. The minimum absolute atomic E-state index is 0.0539. The van der Waals surface area contributed by atoms with Gasteiger partial charge in [-0.15, -0.1) is 11.3 Å². The molecule has 0 amide bonds. The van der Waals surface area contributed by atoms with E-state index in [9.17, 15) is 4.79 Å². The monoisotopic (exact) mass is 389 g/mol. The molecule has 0 spiro atoms. The molecule has 2 aromatic rings. The normalized spacial score (nSPS) is 15.3. The summed E-state index contributed by atoms with van der Waals surface area (Å²) in [6, 6.07) is 0. The predicted octanol–water partition coefficient (Wildman–Crippen LogP) is 1.09. The van der Waals surface area contributed by atoms with E-state index < -0.39 is 0 Å². The van der Waals surface area contributed by atoms with Gasteiger partial charge < -0.3 is 19.7 Å². The first-order valence-electron chi connectivity index (χ1n) is 9.35. The first-order valence-corrected chi connectivity index (χ1v) is 10.2. The van der Waals surface area contributed by atoms with Crippen molar-refractivity contribution in [3.63, 3.8) is 0 Å². The van der Waals surface area contributed by atoms with Crippen LogP contribution in [-0.4, -0.2) is 58.1 Å².